The molecule has 0 amide bonds. The van der Waals surface area contributed by atoms with E-state index in [2.05, 4.69) is 5.32 Å². The van der Waals surface area contributed by atoms with Crippen molar-refractivity contribution >= 4 is 23.5 Å². The van der Waals surface area contributed by atoms with Crippen molar-refractivity contribution in [3.63, 3.8) is 0 Å². The van der Waals surface area contributed by atoms with Crippen molar-refractivity contribution in [2.24, 2.45) is 0 Å². The van der Waals surface area contributed by atoms with Crippen LogP contribution in [0.5, 0.6) is 11.5 Å². The first-order valence-corrected chi connectivity index (χ1v) is 13.5. The molecule has 1 aliphatic heterocycles. The third-order valence-electron chi connectivity index (χ3n) is 6.79. The van der Waals surface area contributed by atoms with Crippen molar-refractivity contribution in [2.45, 2.75) is 38.5 Å². The molecular formula is C29H32FNO5S. The molecule has 0 saturated heterocycles. The smallest absolute Gasteiger partial charge is 0.336 e. The van der Waals surface area contributed by atoms with Crippen LogP contribution >= 0.6 is 11.8 Å². The van der Waals surface area contributed by atoms with Gasteiger partial charge in [0.05, 0.1) is 19.8 Å². The number of carbonyl (C=O) groups excluding carboxylic acids is 2. The second-order valence-corrected chi connectivity index (χ2v) is 10.4. The van der Waals surface area contributed by atoms with E-state index in [0.29, 0.717) is 46.1 Å². The lowest BCUT2D eigenvalue weighted by molar-refractivity contribution is -0.138. The number of ether oxygens (including phenoxy) is 3. The number of halogens is 1. The first-order valence-electron chi connectivity index (χ1n) is 12.3. The summed E-state index contributed by atoms with van der Waals surface area (Å²) >= 11 is 1.69. The van der Waals surface area contributed by atoms with E-state index in [0.717, 1.165) is 17.0 Å². The van der Waals surface area contributed by atoms with E-state index in [1.54, 1.807) is 38.1 Å². The molecule has 196 valence electrons. The van der Waals surface area contributed by atoms with Crippen LogP contribution in [0.1, 0.15) is 49.7 Å². The minimum Gasteiger partial charge on any atom is -0.493 e. The quantitative estimate of drug-likeness (QED) is 0.342. The van der Waals surface area contributed by atoms with Crippen LogP contribution in [-0.2, 0) is 14.3 Å². The number of allylic oxidation sites excluding steroid dienone is 3. The predicted octanol–water partition coefficient (Wildman–Crippen LogP) is 5.50. The summed E-state index contributed by atoms with van der Waals surface area (Å²) in [6, 6.07) is 11.7. The Morgan fingerprint density at radius 1 is 1.05 bits per heavy atom. The van der Waals surface area contributed by atoms with Gasteiger partial charge in [-0.2, -0.15) is 11.8 Å². The summed E-state index contributed by atoms with van der Waals surface area (Å²) in [5.41, 5.74) is 4.01. The van der Waals surface area contributed by atoms with Gasteiger partial charge in [0, 0.05) is 35.1 Å². The molecular weight excluding hydrogens is 493 g/mol. The molecule has 8 heteroatoms. The normalized spacial score (nSPS) is 19.3. The molecule has 0 aromatic heterocycles. The van der Waals surface area contributed by atoms with E-state index in [9.17, 15) is 14.0 Å². The fourth-order valence-corrected chi connectivity index (χ4v) is 5.55. The van der Waals surface area contributed by atoms with Gasteiger partial charge in [0.1, 0.15) is 12.4 Å². The minimum atomic E-state index is -0.623. The van der Waals surface area contributed by atoms with Crippen molar-refractivity contribution in [1.82, 2.24) is 5.32 Å². The van der Waals surface area contributed by atoms with Gasteiger partial charge in [-0.15, -0.1) is 0 Å². The summed E-state index contributed by atoms with van der Waals surface area (Å²) in [4.78, 5) is 27.0. The number of ketones is 1. The van der Waals surface area contributed by atoms with Gasteiger partial charge in [0.2, 0.25) is 0 Å². The zero-order valence-corrected chi connectivity index (χ0v) is 22.4. The van der Waals surface area contributed by atoms with Crippen molar-refractivity contribution in [2.75, 3.05) is 32.3 Å². The van der Waals surface area contributed by atoms with E-state index in [-0.39, 0.29) is 30.5 Å². The lowest BCUT2D eigenvalue weighted by atomic mass is 9.71. The zero-order chi connectivity index (χ0) is 26.5. The molecule has 2 aromatic carbocycles. The Kier molecular flexibility index (Phi) is 8.59. The Labute approximate surface area is 221 Å². The highest BCUT2D eigenvalue weighted by Crippen LogP contribution is 2.46. The van der Waals surface area contributed by atoms with Gasteiger partial charge >= 0.3 is 5.97 Å². The molecule has 4 rings (SSSR count). The van der Waals surface area contributed by atoms with Crippen LogP contribution in [0, 0.1) is 5.82 Å². The van der Waals surface area contributed by atoms with Crippen molar-refractivity contribution in [3.8, 4) is 11.5 Å². The topological polar surface area (TPSA) is 73.9 Å². The van der Waals surface area contributed by atoms with Crippen molar-refractivity contribution < 1.29 is 28.2 Å². The summed E-state index contributed by atoms with van der Waals surface area (Å²) in [7, 11) is 3.17. The van der Waals surface area contributed by atoms with Crippen molar-refractivity contribution in [3.05, 3.63) is 81.9 Å². The molecule has 1 N–H and O–H groups in total. The molecule has 0 fully saturated rings. The maximum atomic E-state index is 13.8. The zero-order valence-electron chi connectivity index (χ0n) is 21.6. The van der Waals surface area contributed by atoms with Gasteiger partial charge in [-0.3, -0.25) is 4.79 Å². The lowest BCUT2D eigenvalue weighted by Crippen LogP contribution is -2.36. The molecule has 1 heterocycles. The molecule has 6 nitrogen and oxygen atoms in total. The molecule has 0 radical (unpaired) electrons. The van der Waals surface area contributed by atoms with Crippen LogP contribution < -0.4 is 14.8 Å². The van der Waals surface area contributed by atoms with Crippen LogP contribution in [-0.4, -0.2) is 44.1 Å². The van der Waals surface area contributed by atoms with Gasteiger partial charge < -0.3 is 19.5 Å². The number of Topliss-reactive ketones (excluding diaryl/α,β-unsaturated/α-hetero) is 1. The second kappa shape index (κ2) is 11.9. The number of nitrogens with one attached hydrogen (secondary N) is 1. The van der Waals surface area contributed by atoms with Crippen LogP contribution in [0.25, 0.3) is 0 Å². The number of thioether (sulfide) groups is 1. The second-order valence-electron chi connectivity index (χ2n) is 9.02. The maximum Gasteiger partial charge on any atom is 0.336 e. The molecule has 0 bridgehead atoms. The van der Waals surface area contributed by atoms with Gasteiger partial charge in [0.15, 0.2) is 17.3 Å². The highest BCUT2D eigenvalue weighted by molar-refractivity contribution is 7.99. The SMILES string of the molecule is CCSCCOC(=O)C1=C(C)NC2=C(C(=O)C[C@@H](c3ccc(OC)c(OC)c3)C2)[C@H]1c1ccc(F)cc1. The third kappa shape index (κ3) is 5.69. The fourth-order valence-electron chi connectivity index (χ4n) is 5.06. The summed E-state index contributed by atoms with van der Waals surface area (Å²) in [6.07, 6.45) is 0.864. The highest BCUT2D eigenvalue weighted by atomic mass is 32.2. The fraction of sp³-hybridized carbons (Fsp3) is 0.379. The van der Waals surface area contributed by atoms with Gasteiger partial charge in [0.25, 0.3) is 0 Å². The van der Waals surface area contributed by atoms with E-state index in [4.69, 9.17) is 14.2 Å². The lowest BCUT2D eigenvalue weighted by Gasteiger charge is -2.36. The average molecular weight is 526 g/mol. The number of rotatable bonds is 9. The first kappa shape index (κ1) is 26.8. The maximum absolute atomic E-state index is 13.8. The molecule has 2 aromatic rings. The van der Waals surface area contributed by atoms with Crippen molar-refractivity contribution in [1.29, 1.82) is 0 Å². The molecule has 2 aliphatic rings. The van der Waals surface area contributed by atoms with Gasteiger partial charge in [-0.05, 0) is 60.4 Å². The number of esters is 1. The molecule has 0 unspecified atom stereocenters. The van der Waals surface area contributed by atoms with Gasteiger partial charge in [-0.25, -0.2) is 9.18 Å². The van der Waals surface area contributed by atoms with E-state index >= 15 is 0 Å². The largest absolute Gasteiger partial charge is 0.493 e. The number of hydrogen-bond acceptors (Lipinski definition) is 7. The monoisotopic (exact) mass is 525 g/mol. The Morgan fingerprint density at radius 2 is 1.76 bits per heavy atom. The third-order valence-corrected chi connectivity index (χ3v) is 7.66. The number of dihydropyridines is 1. The van der Waals surface area contributed by atoms with Crippen LogP contribution in [0.3, 0.4) is 0 Å². The van der Waals surface area contributed by atoms with Crippen LogP contribution in [0.4, 0.5) is 4.39 Å². The van der Waals surface area contributed by atoms with Crippen LogP contribution in [0.2, 0.25) is 0 Å². The van der Waals surface area contributed by atoms with E-state index in [1.165, 1.54) is 12.1 Å². The number of hydrogen-bond donors (Lipinski definition) is 1. The predicted molar refractivity (Wildman–Crippen MR) is 142 cm³/mol. The number of benzene rings is 2. The van der Waals surface area contributed by atoms with Gasteiger partial charge in [-0.1, -0.05) is 25.1 Å². The number of methoxy groups -OCH3 is 2. The van der Waals surface area contributed by atoms with Crippen LogP contribution in [0.15, 0.2) is 65.0 Å². The summed E-state index contributed by atoms with van der Waals surface area (Å²) in [5, 5.41) is 3.35. The molecule has 0 spiro atoms. The summed E-state index contributed by atoms with van der Waals surface area (Å²) in [5.74, 6) is 1.28. The van der Waals surface area contributed by atoms with E-state index < -0.39 is 11.9 Å². The molecule has 2 atom stereocenters. The molecule has 37 heavy (non-hydrogen) atoms. The summed E-state index contributed by atoms with van der Waals surface area (Å²) < 4.78 is 30.2. The Morgan fingerprint density at radius 3 is 2.43 bits per heavy atom. The Bertz CT molecular complexity index is 1240. The Balaban J connectivity index is 1.70. The molecule has 0 saturated carbocycles. The minimum absolute atomic E-state index is 0.0535. The number of carbonyl (C=O) groups is 2. The highest BCUT2D eigenvalue weighted by Gasteiger charge is 2.41. The van der Waals surface area contributed by atoms with E-state index in [1.807, 2.05) is 32.0 Å². The Hall–Kier alpha value is -3.26. The average Bonchev–Trinajstić information content (AvgIpc) is 2.90. The molecule has 1 aliphatic carbocycles. The first-order chi connectivity index (χ1) is 17.9. The summed E-state index contributed by atoms with van der Waals surface area (Å²) in [6.45, 7) is 4.15. The standard InChI is InChI=1S/C29H32FNO5S/c1-5-37-13-12-36-29(33)26-17(2)31-22-14-20(19-8-11-24(34-3)25(16-19)35-4)15-23(32)28(22)27(26)18-6-9-21(30)10-7-18/h6-11,16,20,27,31H,5,12-15H2,1-4H3/t20-,27-/m0/s1.